The van der Waals surface area contributed by atoms with Crippen LogP contribution in [0, 0.1) is 5.92 Å². The number of nitrogens with one attached hydrogen (secondary N) is 1. The highest BCUT2D eigenvalue weighted by molar-refractivity contribution is 6.42. The lowest BCUT2D eigenvalue weighted by atomic mass is 10.0. The second-order valence-corrected chi connectivity index (χ2v) is 6.72. The lowest BCUT2D eigenvalue weighted by Crippen LogP contribution is -2.35. The SMILES string of the molecule is CC1CCCN(c2ncnc(Nc3ccc(Cl)c(Cl)c3)c2N)C1. The fourth-order valence-corrected chi connectivity index (χ4v) is 3.13. The van der Waals surface area contributed by atoms with Gasteiger partial charge in [0.05, 0.1) is 10.0 Å². The molecule has 1 aliphatic rings. The smallest absolute Gasteiger partial charge is 0.159 e. The van der Waals surface area contributed by atoms with Gasteiger partial charge in [-0.3, -0.25) is 0 Å². The van der Waals surface area contributed by atoms with Gasteiger partial charge in [0.25, 0.3) is 0 Å². The molecule has 0 radical (unpaired) electrons. The van der Waals surface area contributed by atoms with Gasteiger partial charge in [0.15, 0.2) is 11.6 Å². The maximum absolute atomic E-state index is 6.29. The van der Waals surface area contributed by atoms with E-state index < -0.39 is 0 Å². The van der Waals surface area contributed by atoms with Gasteiger partial charge in [-0.25, -0.2) is 9.97 Å². The van der Waals surface area contributed by atoms with Crippen molar-refractivity contribution in [3.63, 3.8) is 0 Å². The highest BCUT2D eigenvalue weighted by Crippen LogP contribution is 2.32. The molecule has 3 rings (SSSR count). The van der Waals surface area contributed by atoms with Crippen molar-refractivity contribution < 1.29 is 0 Å². The molecule has 2 heterocycles. The molecular formula is C16H19Cl2N5. The molecule has 1 atom stereocenters. The van der Waals surface area contributed by atoms with Gasteiger partial charge in [0.1, 0.15) is 12.0 Å². The quantitative estimate of drug-likeness (QED) is 0.860. The van der Waals surface area contributed by atoms with Crippen LogP contribution in [0.25, 0.3) is 0 Å². The van der Waals surface area contributed by atoms with Crippen molar-refractivity contribution in [1.82, 2.24) is 9.97 Å². The van der Waals surface area contributed by atoms with Crippen LogP contribution >= 0.6 is 23.2 Å². The fourth-order valence-electron chi connectivity index (χ4n) is 2.83. The molecule has 1 aliphatic heterocycles. The molecule has 1 saturated heterocycles. The summed E-state index contributed by atoms with van der Waals surface area (Å²) in [6.07, 6.45) is 3.93. The van der Waals surface area contributed by atoms with Crippen molar-refractivity contribution in [1.29, 1.82) is 0 Å². The zero-order valence-electron chi connectivity index (χ0n) is 12.9. The van der Waals surface area contributed by atoms with Crippen LogP contribution in [0.4, 0.5) is 23.0 Å². The van der Waals surface area contributed by atoms with Crippen LogP contribution in [0.1, 0.15) is 19.8 Å². The van der Waals surface area contributed by atoms with Gasteiger partial charge in [-0.1, -0.05) is 30.1 Å². The largest absolute Gasteiger partial charge is 0.393 e. The Morgan fingerprint density at radius 3 is 2.83 bits per heavy atom. The molecular weight excluding hydrogens is 333 g/mol. The number of hydrogen-bond acceptors (Lipinski definition) is 5. The topological polar surface area (TPSA) is 67.1 Å². The van der Waals surface area contributed by atoms with Crippen LogP contribution in [0.2, 0.25) is 10.0 Å². The van der Waals surface area contributed by atoms with Gasteiger partial charge in [-0.2, -0.15) is 0 Å². The van der Waals surface area contributed by atoms with Crippen LogP contribution in [0.5, 0.6) is 0 Å². The molecule has 1 aromatic carbocycles. The number of piperidine rings is 1. The van der Waals surface area contributed by atoms with E-state index in [2.05, 4.69) is 27.1 Å². The first kappa shape index (κ1) is 16.1. The molecule has 122 valence electrons. The fraction of sp³-hybridized carbons (Fsp3) is 0.375. The first-order valence-electron chi connectivity index (χ1n) is 7.62. The molecule has 1 fully saturated rings. The summed E-state index contributed by atoms with van der Waals surface area (Å²) in [5.41, 5.74) is 7.62. The van der Waals surface area contributed by atoms with Crippen molar-refractivity contribution in [2.75, 3.05) is 29.0 Å². The number of nitrogen functional groups attached to an aromatic ring is 1. The van der Waals surface area contributed by atoms with Crippen molar-refractivity contribution in [3.05, 3.63) is 34.6 Å². The van der Waals surface area contributed by atoms with Gasteiger partial charge in [0.2, 0.25) is 0 Å². The first-order chi connectivity index (χ1) is 11.0. The summed E-state index contributed by atoms with van der Waals surface area (Å²) in [6, 6.07) is 5.31. The van der Waals surface area contributed by atoms with Crippen molar-refractivity contribution in [3.8, 4) is 0 Å². The zero-order chi connectivity index (χ0) is 16.4. The second-order valence-electron chi connectivity index (χ2n) is 5.91. The molecule has 1 unspecified atom stereocenters. The Morgan fingerprint density at radius 2 is 2.09 bits per heavy atom. The average Bonchev–Trinajstić information content (AvgIpc) is 2.53. The molecule has 0 saturated carbocycles. The van der Waals surface area contributed by atoms with Crippen molar-refractivity contribution in [2.24, 2.45) is 5.92 Å². The monoisotopic (exact) mass is 351 g/mol. The molecule has 0 amide bonds. The van der Waals surface area contributed by atoms with E-state index in [4.69, 9.17) is 28.9 Å². The van der Waals surface area contributed by atoms with E-state index in [1.54, 1.807) is 12.1 Å². The minimum absolute atomic E-state index is 0.481. The normalized spacial score (nSPS) is 18.0. The molecule has 2 aromatic rings. The van der Waals surface area contributed by atoms with E-state index in [1.807, 2.05) is 6.07 Å². The van der Waals surface area contributed by atoms with Gasteiger partial charge < -0.3 is 16.0 Å². The Labute approximate surface area is 145 Å². The molecule has 1 aromatic heterocycles. The predicted molar refractivity (Wildman–Crippen MR) is 96.8 cm³/mol. The number of benzene rings is 1. The Hall–Kier alpha value is -1.72. The summed E-state index contributed by atoms with van der Waals surface area (Å²) in [5, 5.41) is 4.18. The second kappa shape index (κ2) is 6.81. The van der Waals surface area contributed by atoms with Gasteiger partial charge in [0, 0.05) is 18.8 Å². The van der Waals surface area contributed by atoms with Gasteiger partial charge >= 0.3 is 0 Å². The number of anilines is 4. The first-order valence-corrected chi connectivity index (χ1v) is 8.37. The average molecular weight is 352 g/mol. The van der Waals surface area contributed by atoms with Crippen LogP contribution in [0.3, 0.4) is 0 Å². The lowest BCUT2D eigenvalue weighted by Gasteiger charge is -2.32. The Kier molecular flexibility index (Phi) is 4.78. The number of halogens is 2. The number of rotatable bonds is 3. The van der Waals surface area contributed by atoms with Gasteiger partial charge in [-0.15, -0.1) is 0 Å². The standard InChI is InChI=1S/C16H19Cl2N5/c1-10-3-2-6-23(8-10)16-14(19)15(20-9-21-16)22-11-4-5-12(17)13(18)7-11/h4-5,7,9-10H,2-3,6,8,19H2,1H3,(H,20,21,22). The zero-order valence-corrected chi connectivity index (χ0v) is 14.4. The molecule has 3 N–H and O–H groups in total. The summed E-state index contributed by atoms with van der Waals surface area (Å²) in [6.45, 7) is 4.18. The van der Waals surface area contributed by atoms with Crippen LogP contribution < -0.4 is 16.0 Å². The third kappa shape index (κ3) is 3.62. The molecule has 0 bridgehead atoms. The molecule has 23 heavy (non-hydrogen) atoms. The number of hydrogen-bond donors (Lipinski definition) is 2. The maximum Gasteiger partial charge on any atom is 0.159 e. The number of nitrogens with zero attached hydrogens (tertiary/aromatic N) is 3. The Balaban J connectivity index is 1.85. The van der Waals surface area contributed by atoms with Crippen molar-refractivity contribution >= 4 is 46.2 Å². The maximum atomic E-state index is 6.29. The highest BCUT2D eigenvalue weighted by atomic mass is 35.5. The summed E-state index contributed by atoms with van der Waals surface area (Å²) < 4.78 is 0. The lowest BCUT2D eigenvalue weighted by molar-refractivity contribution is 0.445. The molecule has 0 aliphatic carbocycles. The predicted octanol–water partition coefficient (Wildman–Crippen LogP) is 4.35. The molecule has 5 nitrogen and oxygen atoms in total. The van der Waals surface area contributed by atoms with E-state index in [-0.39, 0.29) is 0 Å². The highest BCUT2D eigenvalue weighted by Gasteiger charge is 2.21. The molecule has 7 heteroatoms. The third-order valence-electron chi connectivity index (χ3n) is 4.00. The van der Waals surface area contributed by atoms with Crippen LogP contribution in [-0.4, -0.2) is 23.1 Å². The summed E-state index contributed by atoms with van der Waals surface area (Å²) in [5.74, 6) is 2.00. The Morgan fingerprint density at radius 1 is 1.26 bits per heavy atom. The van der Waals surface area contributed by atoms with E-state index in [1.165, 1.54) is 12.7 Å². The minimum Gasteiger partial charge on any atom is -0.393 e. The van der Waals surface area contributed by atoms with E-state index in [0.717, 1.165) is 31.0 Å². The third-order valence-corrected chi connectivity index (χ3v) is 4.74. The van der Waals surface area contributed by atoms with E-state index in [0.29, 0.717) is 27.5 Å². The van der Waals surface area contributed by atoms with Crippen molar-refractivity contribution in [2.45, 2.75) is 19.8 Å². The summed E-state index contributed by atoms with van der Waals surface area (Å²) in [7, 11) is 0. The van der Waals surface area contributed by atoms with Crippen LogP contribution in [-0.2, 0) is 0 Å². The number of aromatic nitrogens is 2. The molecule has 0 spiro atoms. The van der Waals surface area contributed by atoms with E-state index >= 15 is 0 Å². The van der Waals surface area contributed by atoms with Gasteiger partial charge in [-0.05, 0) is 37.0 Å². The minimum atomic E-state index is 0.481. The summed E-state index contributed by atoms with van der Waals surface area (Å²) >= 11 is 12.0. The Bertz CT molecular complexity index is 707. The number of nitrogens with two attached hydrogens (primary N) is 1. The van der Waals surface area contributed by atoms with Crippen LogP contribution in [0.15, 0.2) is 24.5 Å². The van der Waals surface area contributed by atoms with E-state index in [9.17, 15) is 0 Å². The summed E-state index contributed by atoms with van der Waals surface area (Å²) in [4.78, 5) is 10.9.